The number of rotatable bonds is 9. The van der Waals surface area contributed by atoms with Crippen molar-refractivity contribution in [2.75, 3.05) is 0 Å². The van der Waals surface area contributed by atoms with E-state index >= 15 is 9.59 Å². The molecule has 4 rings (SSSR count). The number of phenolic OH excluding ortho intramolecular Hbond substituents is 2. The lowest BCUT2D eigenvalue weighted by Crippen LogP contribution is -2.69. The van der Waals surface area contributed by atoms with Crippen LogP contribution in [0, 0.1) is 28.1 Å². The number of aliphatic hydroxyl groups excluding tert-OH is 1. The first kappa shape index (κ1) is 35.6. The fraction of sp³-hybridized carbons (Fsp3) is 0.605. The van der Waals surface area contributed by atoms with Crippen LogP contribution in [0.5, 0.6) is 11.5 Å². The van der Waals surface area contributed by atoms with E-state index in [1.165, 1.54) is 12.1 Å². The Bertz CT molecular complexity index is 1530. The van der Waals surface area contributed by atoms with Crippen LogP contribution < -0.4 is 0 Å². The summed E-state index contributed by atoms with van der Waals surface area (Å²) < 4.78 is 6.76. The Hall–Kier alpha value is -3.23. The molecule has 8 heteroatoms. The number of aromatic hydroxyl groups is 2. The second-order valence-electron chi connectivity index (χ2n) is 16.0. The number of hydrogen-bond acceptors (Lipinski definition) is 8. The van der Waals surface area contributed by atoms with Gasteiger partial charge in [-0.15, -0.1) is 0 Å². The molecule has 1 aromatic rings. The Morgan fingerprint density at radius 2 is 1.57 bits per heavy atom. The van der Waals surface area contributed by atoms with Gasteiger partial charge in [-0.25, -0.2) is 0 Å². The molecule has 2 aliphatic carbocycles. The number of fused-ring (bicyclic) bond motifs is 1. The number of carbonyl (C=O) groups excluding carboxylic acids is 3. The fourth-order valence-corrected chi connectivity index (χ4v) is 7.90. The number of hydrogen-bond donors (Lipinski definition) is 4. The van der Waals surface area contributed by atoms with Crippen molar-refractivity contribution in [1.29, 1.82) is 0 Å². The molecule has 1 aromatic carbocycles. The van der Waals surface area contributed by atoms with Crippen LogP contribution >= 0.6 is 0 Å². The van der Waals surface area contributed by atoms with Crippen LogP contribution in [0.1, 0.15) is 112 Å². The van der Waals surface area contributed by atoms with E-state index in [1.807, 2.05) is 61.5 Å². The first-order chi connectivity index (χ1) is 21.0. The average Bonchev–Trinajstić information content (AvgIpc) is 2.92. The van der Waals surface area contributed by atoms with Gasteiger partial charge >= 0.3 is 0 Å². The van der Waals surface area contributed by atoms with Crippen molar-refractivity contribution in [2.24, 2.45) is 28.1 Å². The Labute approximate surface area is 273 Å². The van der Waals surface area contributed by atoms with Gasteiger partial charge < -0.3 is 25.2 Å². The van der Waals surface area contributed by atoms with E-state index in [1.54, 1.807) is 13.8 Å². The van der Waals surface area contributed by atoms with Gasteiger partial charge in [0.15, 0.2) is 28.8 Å². The van der Waals surface area contributed by atoms with Crippen LogP contribution in [0.4, 0.5) is 0 Å². The molecular formula is C38H52O8. The number of carbonyl (C=O) groups is 3. The minimum absolute atomic E-state index is 0.00837. The summed E-state index contributed by atoms with van der Waals surface area (Å²) in [7, 11) is 0. The summed E-state index contributed by atoms with van der Waals surface area (Å²) >= 11 is 0. The van der Waals surface area contributed by atoms with Gasteiger partial charge in [0, 0.05) is 11.5 Å². The van der Waals surface area contributed by atoms with Gasteiger partial charge in [0.05, 0.1) is 17.1 Å². The van der Waals surface area contributed by atoms with Crippen molar-refractivity contribution >= 4 is 17.3 Å². The molecule has 252 valence electrons. The molecule has 0 aromatic heterocycles. The number of ether oxygens (including phenoxy) is 1. The van der Waals surface area contributed by atoms with Crippen molar-refractivity contribution in [3.05, 3.63) is 58.4 Å². The number of allylic oxidation sites excluding steroid dienone is 6. The number of benzene rings is 1. The van der Waals surface area contributed by atoms with E-state index in [9.17, 15) is 25.2 Å². The summed E-state index contributed by atoms with van der Waals surface area (Å²) in [5.41, 5.74) is -4.50. The number of phenols is 2. The SMILES string of the molecule is CC(C)=CC[C@H]1C[C@@]23C[C@@H](C[C@H](O)C(C)(C)O)C(C)(C)[C@@](CC=C(C)C)(C(=O)C(C(=O)c4ccc(O)c(O)c4)=C2OC1(C)C)C3=O. The predicted molar refractivity (Wildman–Crippen MR) is 176 cm³/mol. The predicted octanol–water partition coefficient (Wildman–Crippen LogP) is 6.75. The quantitative estimate of drug-likeness (QED) is 0.0767. The lowest BCUT2D eigenvalue weighted by atomic mass is 9.38. The van der Waals surface area contributed by atoms with Gasteiger partial charge in [0.2, 0.25) is 0 Å². The van der Waals surface area contributed by atoms with Crippen LogP contribution in [0.2, 0.25) is 0 Å². The summed E-state index contributed by atoms with van der Waals surface area (Å²) in [6, 6.07) is 3.67. The van der Waals surface area contributed by atoms with E-state index < -0.39 is 62.5 Å². The van der Waals surface area contributed by atoms with Gasteiger partial charge in [-0.3, -0.25) is 14.4 Å². The minimum Gasteiger partial charge on any atom is -0.504 e. The molecular weight excluding hydrogens is 584 g/mol. The van der Waals surface area contributed by atoms with Crippen molar-refractivity contribution in [3.63, 3.8) is 0 Å². The number of Topliss-reactive ketones (excluding diaryl/α,β-unsaturated/α-hetero) is 3. The minimum atomic E-state index is -1.67. The van der Waals surface area contributed by atoms with Crippen molar-refractivity contribution in [1.82, 2.24) is 0 Å². The Balaban J connectivity index is 2.09. The van der Waals surface area contributed by atoms with Gasteiger partial charge in [0.1, 0.15) is 22.3 Å². The first-order valence-corrected chi connectivity index (χ1v) is 16.3. The molecule has 2 bridgehead atoms. The van der Waals surface area contributed by atoms with E-state index in [2.05, 4.69) is 6.08 Å². The topological polar surface area (TPSA) is 141 Å². The summed E-state index contributed by atoms with van der Waals surface area (Å²) in [6.07, 6.45) is 4.24. The lowest BCUT2D eigenvalue weighted by molar-refractivity contribution is -0.192. The number of ketones is 3. The van der Waals surface area contributed by atoms with Gasteiger partial charge in [-0.05, 0) is 117 Å². The zero-order chi connectivity index (χ0) is 34.8. The highest BCUT2D eigenvalue weighted by molar-refractivity contribution is 6.35. The molecule has 1 saturated heterocycles. The zero-order valence-electron chi connectivity index (χ0n) is 29.1. The molecule has 1 spiro atoms. The molecule has 0 unspecified atom stereocenters. The smallest absolute Gasteiger partial charge is 0.200 e. The number of aliphatic hydroxyl groups is 2. The molecule has 1 heterocycles. The zero-order valence-corrected chi connectivity index (χ0v) is 29.1. The first-order valence-electron chi connectivity index (χ1n) is 16.3. The van der Waals surface area contributed by atoms with E-state index in [0.29, 0.717) is 12.8 Å². The third-order valence-electron chi connectivity index (χ3n) is 11.2. The highest BCUT2D eigenvalue weighted by atomic mass is 16.5. The maximum absolute atomic E-state index is 15.4. The summed E-state index contributed by atoms with van der Waals surface area (Å²) in [5.74, 6) is -2.97. The summed E-state index contributed by atoms with van der Waals surface area (Å²) in [5, 5.41) is 42.2. The van der Waals surface area contributed by atoms with Crippen LogP contribution in [0.15, 0.2) is 52.8 Å². The Morgan fingerprint density at radius 1 is 0.978 bits per heavy atom. The molecule has 0 radical (unpaired) electrons. The maximum atomic E-state index is 15.4. The molecule has 46 heavy (non-hydrogen) atoms. The molecule has 3 aliphatic rings. The molecule has 8 nitrogen and oxygen atoms in total. The standard InChI is InChI=1S/C38H52O8/c1-21(2)11-13-24-19-37-20-25(18-28(41)35(7,8)45)34(5,6)38(33(37)44,16-15-22(3)4)31(43)29(32(37)46-36(24,9)10)30(42)23-12-14-26(39)27(40)17-23/h11-12,14-15,17,24-25,28,39-41,45H,13,16,18-20H2,1-10H3/t24-,25+,28-,37+,38-/m0/s1. The summed E-state index contributed by atoms with van der Waals surface area (Å²) in [6.45, 7) is 18.4. The molecule has 1 aliphatic heterocycles. The molecule has 4 N–H and O–H groups in total. The molecule has 0 amide bonds. The maximum Gasteiger partial charge on any atom is 0.200 e. The average molecular weight is 637 g/mol. The highest BCUT2D eigenvalue weighted by Gasteiger charge is 2.74. The van der Waals surface area contributed by atoms with Crippen LogP contribution in [0.3, 0.4) is 0 Å². The van der Waals surface area contributed by atoms with Crippen LogP contribution in [0.25, 0.3) is 0 Å². The van der Waals surface area contributed by atoms with Gasteiger partial charge in [0.25, 0.3) is 0 Å². The van der Waals surface area contributed by atoms with Crippen molar-refractivity contribution in [3.8, 4) is 11.5 Å². The molecule has 5 atom stereocenters. The third kappa shape index (κ3) is 5.66. The Morgan fingerprint density at radius 3 is 2.11 bits per heavy atom. The van der Waals surface area contributed by atoms with Crippen molar-refractivity contribution < 1.29 is 39.5 Å². The van der Waals surface area contributed by atoms with E-state index in [-0.39, 0.29) is 47.9 Å². The normalized spacial score (nSPS) is 29.0. The Kier molecular flexibility index (Phi) is 9.12. The largest absolute Gasteiger partial charge is 0.504 e. The second-order valence-corrected chi connectivity index (χ2v) is 16.0. The van der Waals surface area contributed by atoms with Crippen molar-refractivity contribution in [2.45, 2.75) is 119 Å². The third-order valence-corrected chi connectivity index (χ3v) is 11.2. The monoisotopic (exact) mass is 636 g/mol. The van der Waals surface area contributed by atoms with Gasteiger partial charge in [-0.1, -0.05) is 37.1 Å². The molecule has 2 fully saturated rings. The fourth-order valence-electron chi connectivity index (χ4n) is 7.90. The van der Waals surface area contributed by atoms with E-state index in [4.69, 9.17) is 4.74 Å². The van der Waals surface area contributed by atoms with Crippen LogP contribution in [-0.4, -0.2) is 55.1 Å². The molecule has 1 saturated carbocycles. The summed E-state index contributed by atoms with van der Waals surface area (Å²) in [4.78, 5) is 45.1. The van der Waals surface area contributed by atoms with Crippen LogP contribution in [-0.2, 0) is 14.3 Å². The van der Waals surface area contributed by atoms with Gasteiger partial charge in [-0.2, -0.15) is 0 Å². The lowest BCUT2D eigenvalue weighted by Gasteiger charge is -2.64. The van der Waals surface area contributed by atoms with E-state index in [0.717, 1.165) is 17.2 Å². The second kappa shape index (κ2) is 11.8. The highest BCUT2D eigenvalue weighted by Crippen LogP contribution is 2.69.